The van der Waals surface area contributed by atoms with Crippen molar-refractivity contribution < 1.29 is 9.26 Å². The van der Waals surface area contributed by atoms with Crippen molar-refractivity contribution in [2.45, 2.75) is 25.9 Å². The van der Waals surface area contributed by atoms with Crippen molar-refractivity contribution in [1.29, 1.82) is 0 Å². The van der Waals surface area contributed by atoms with Crippen molar-refractivity contribution in [3.05, 3.63) is 59.4 Å². The normalized spacial score (nSPS) is 13.7. The van der Waals surface area contributed by atoms with Gasteiger partial charge >= 0.3 is 0 Å². The van der Waals surface area contributed by atoms with Crippen molar-refractivity contribution in [2.24, 2.45) is 0 Å². The van der Waals surface area contributed by atoms with Gasteiger partial charge in [0.1, 0.15) is 5.75 Å². The van der Waals surface area contributed by atoms with Crippen molar-refractivity contribution in [3.63, 3.8) is 0 Å². The smallest absolute Gasteiger partial charge is 0.258 e. The zero-order valence-corrected chi connectivity index (χ0v) is 17.8. The minimum atomic E-state index is 0.452. The fourth-order valence-corrected chi connectivity index (χ4v) is 3.93. The highest BCUT2D eigenvalue weighted by atomic mass is 35.5. The number of halogens is 1. The number of ether oxygens (including phenoxy) is 1. The molecule has 0 spiro atoms. The molecule has 1 aliphatic rings. The molecule has 31 heavy (non-hydrogen) atoms. The lowest BCUT2D eigenvalue weighted by atomic mass is 10.2. The van der Waals surface area contributed by atoms with Gasteiger partial charge in [0.15, 0.2) is 11.6 Å². The molecule has 4 aromatic rings. The highest BCUT2D eigenvalue weighted by Crippen LogP contribution is 2.28. The molecule has 0 bridgehead atoms. The second-order valence-electron chi connectivity index (χ2n) is 7.36. The van der Waals surface area contributed by atoms with Crippen LogP contribution in [0, 0.1) is 0 Å². The Morgan fingerprint density at radius 3 is 2.68 bits per heavy atom. The summed E-state index contributed by atoms with van der Waals surface area (Å²) in [5.74, 6) is 3.52. The third-order valence-corrected chi connectivity index (χ3v) is 5.53. The zero-order valence-electron chi connectivity index (χ0n) is 17.0. The van der Waals surface area contributed by atoms with Crippen LogP contribution in [0.5, 0.6) is 5.75 Å². The summed E-state index contributed by atoms with van der Waals surface area (Å²) in [5, 5.41) is 13.8. The van der Waals surface area contributed by atoms with Gasteiger partial charge in [0.2, 0.25) is 5.95 Å². The molecular weight excluding hydrogens is 416 g/mol. The van der Waals surface area contributed by atoms with Crippen LogP contribution in [0.4, 0.5) is 5.95 Å². The van der Waals surface area contributed by atoms with E-state index in [1.54, 1.807) is 7.11 Å². The molecular formula is C22H21ClN6O2. The lowest BCUT2D eigenvalue weighted by molar-refractivity contribution is 0.415. The first kappa shape index (κ1) is 19.6. The first-order valence-electron chi connectivity index (χ1n) is 10.1. The Labute approximate surface area is 184 Å². The monoisotopic (exact) mass is 436 g/mol. The Morgan fingerprint density at radius 1 is 1.03 bits per heavy atom. The highest BCUT2D eigenvalue weighted by molar-refractivity contribution is 6.30. The first-order valence-corrected chi connectivity index (χ1v) is 10.5. The van der Waals surface area contributed by atoms with Crippen molar-refractivity contribution >= 4 is 17.5 Å². The van der Waals surface area contributed by atoms with Gasteiger partial charge in [-0.25, -0.2) is 0 Å². The molecule has 158 valence electrons. The topological polar surface area (TPSA) is 82.1 Å². The predicted molar refractivity (Wildman–Crippen MR) is 117 cm³/mol. The number of hydrogen-bond acceptors (Lipinski definition) is 7. The Bertz CT molecular complexity index is 1190. The summed E-state index contributed by atoms with van der Waals surface area (Å²) in [4.78, 5) is 6.71. The van der Waals surface area contributed by atoms with Gasteiger partial charge in [0.25, 0.3) is 5.89 Å². The van der Waals surface area contributed by atoms with Crippen LogP contribution in [0.25, 0.3) is 22.8 Å². The van der Waals surface area contributed by atoms with Gasteiger partial charge in [-0.15, -0.1) is 10.2 Å². The van der Waals surface area contributed by atoms with Crippen LogP contribution < -0.4 is 9.64 Å². The van der Waals surface area contributed by atoms with Crippen LogP contribution in [-0.4, -0.2) is 38.6 Å². The lowest BCUT2D eigenvalue weighted by Gasteiger charge is -2.19. The van der Waals surface area contributed by atoms with E-state index in [0.29, 0.717) is 23.3 Å². The van der Waals surface area contributed by atoms with Gasteiger partial charge in [-0.2, -0.15) is 4.98 Å². The molecule has 0 saturated heterocycles. The zero-order chi connectivity index (χ0) is 21.2. The molecule has 0 atom stereocenters. The van der Waals surface area contributed by atoms with E-state index >= 15 is 0 Å². The molecule has 0 saturated carbocycles. The Balaban J connectivity index is 1.41. The number of anilines is 1. The molecule has 5 rings (SSSR count). The summed E-state index contributed by atoms with van der Waals surface area (Å²) < 4.78 is 12.9. The second kappa shape index (κ2) is 8.39. The number of methoxy groups -OCH3 is 1. The lowest BCUT2D eigenvalue weighted by Crippen LogP contribution is -2.25. The summed E-state index contributed by atoms with van der Waals surface area (Å²) in [5.41, 5.74) is 1.80. The van der Waals surface area contributed by atoms with Gasteiger partial charge in [0.05, 0.1) is 13.7 Å². The molecule has 0 fully saturated rings. The third kappa shape index (κ3) is 3.98. The second-order valence-corrected chi connectivity index (χ2v) is 7.79. The Kier molecular flexibility index (Phi) is 5.30. The maximum Gasteiger partial charge on any atom is 0.258 e. The van der Waals surface area contributed by atoms with Gasteiger partial charge in [0, 0.05) is 29.2 Å². The van der Waals surface area contributed by atoms with Crippen LogP contribution in [-0.2, 0) is 13.1 Å². The Hall–Kier alpha value is -3.39. The van der Waals surface area contributed by atoms with Gasteiger partial charge < -0.3 is 14.2 Å². The standard InChI is InChI=1S/C22H21ClN6O2/c1-30-18-9-7-15(8-10-18)20-25-26-22-28(11-2-3-12-29(20)22)14-19-24-21(31-27-19)16-5-4-6-17(23)13-16/h4-10,13H,2-3,11-12,14H2,1H3. The largest absolute Gasteiger partial charge is 0.497 e. The molecule has 1 aliphatic heterocycles. The molecule has 2 aromatic carbocycles. The van der Waals surface area contributed by atoms with Crippen LogP contribution in [0.15, 0.2) is 53.1 Å². The van der Waals surface area contributed by atoms with E-state index in [1.165, 1.54) is 0 Å². The van der Waals surface area contributed by atoms with E-state index in [0.717, 1.165) is 54.6 Å². The minimum absolute atomic E-state index is 0.452. The quantitative estimate of drug-likeness (QED) is 0.456. The van der Waals surface area contributed by atoms with Crippen molar-refractivity contribution in [3.8, 4) is 28.6 Å². The number of hydrogen-bond donors (Lipinski definition) is 0. The van der Waals surface area contributed by atoms with Crippen molar-refractivity contribution in [2.75, 3.05) is 18.6 Å². The molecule has 0 amide bonds. The van der Waals surface area contributed by atoms with E-state index in [9.17, 15) is 0 Å². The first-order chi connectivity index (χ1) is 15.2. The van der Waals surface area contributed by atoms with E-state index < -0.39 is 0 Å². The van der Waals surface area contributed by atoms with Crippen LogP contribution >= 0.6 is 11.6 Å². The fourth-order valence-electron chi connectivity index (χ4n) is 3.74. The predicted octanol–water partition coefficient (Wildman–Crippen LogP) is 4.46. The fraction of sp³-hybridized carbons (Fsp3) is 0.273. The summed E-state index contributed by atoms with van der Waals surface area (Å²) in [6.07, 6.45) is 2.09. The average Bonchev–Trinajstić information content (AvgIpc) is 3.38. The average molecular weight is 437 g/mol. The van der Waals surface area contributed by atoms with E-state index in [-0.39, 0.29) is 0 Å². The summed E-state index contributed by atoms with van der Waals surface area (Å²) >= 11 is 6.08. The van der Waals surface area contributed by atoms with Crippen LogP contribution in [0.2, 0.25) is 5.02 Å². The maximum absolute atomic E-state index is 6.08. The number of benzene rings is 2. The number of aromatic nitrogens is 5. The molecule has 2 aromatic heterocycles. The van der Waals surface area contributed by atoms with Crippen molar-refractivity contribution in [1.82, 2.24) is 24.9 Å². The number of rotatable bonds is 5. The maximum atomic E-state index is 6.08. The van der Waals surface area contributed by atoms with Crippen LogP contribution in [0.3, 0.4) is 0 Å². The summed E-state index contributed by atoms with van der Waals surface area (Å²) in [7, 11) is 1.66. The molecule has 0 unspecified atom stereocenters. The van der Waals surface area contributed by atoms with E-state index in [4.69, 9.17) is 20.9 Å². The molecule has 9 heteroatoms. The molecule has 3 heterocycles. The minimum Gasteiger partial charge on any atom is -0.497 e. The van der Waals surface area contributed by atoms with Gasteiger partial charge in [-0.3, -0.25) is 4.57 Å². The van der Waals surface area contributed by atoms with Gasteiger partial charge in [-0.1, -0.05) is 22.8 Å². The summed E-state index contributed by atoms with van der Waals surface area (Å²) in [6, 6.07) is 15.2. The number of fused-ring (bicyclic) bond motifs is 1. The van der Waals surface area contributed by atoms with Gasteiger partial charge in [-0.05, 0) is 55.3 Å². The van der Waals surface area contributed by atoms with E-state index in [2.05, 4.69) is 29.8 Å². The Morgan fingerprint density at radius 2 is 1.87 bits per heavy atom. The van der Waals surface area contributed by atoms with Crippen LogP contribution in [0.1, 0.15) is 18.7 Å². The third-order valence-electron chi connectivity index (χ3n) is 5.29. The highest BCUT2D eigenvalue weighted by Gasteiger charge is 2.23. The van der Waals surface area contributed by atoms with E-state index in [1.807, 2.05) is 48.5 Å². The summed E-state index contributed by atoms with van der Waals surface area (Å²) in [6.45, 7) is 2.20. The number of nitrogens with zero attached hydrogens (tertiary/aromatic N) is 6. The molecule has 0 N–H and O–H groups in total. The SMILES string of the molecule is COc1ccc(-c2nnc3n2CCCCN3Cc2noc(-c3cccc(Cl)c3)n2)cc1. The molecule has 0 aliphatic carbocycles. The molecule has 8 nitrogen and oxygen atoms in total. The molecule has 0 radical (unpaired) electrons.